The molecule has 0 rings (SSSR count). The van der Waals surface area contributed by atoms with Crippen LogP contribution in [0.5, 0.6) is 0 Å². The highest BCUT2D eigenvalue weighted by Gasteiger charge is 2.30. The van der Waals surface area contributed by atoms with Crippen LogP contribution in [0.2, 0.25) is 0 Å². The van der Waals surface area contributed by atoms with Crippen molar-refractivity contribution in [1.29, 1.82) is 0 Å². The van der Waals surface area contributed by atoms with Crippen molar-refractivity contribution in [3.8, 4) is 0 Å². The summed E-state index contributed by atoms with van der Waals surface area (Å²) in [4.78, 5) is 71.9. The molecule has 0 aliphatic rings. The van der Waals surface area contributed by atoms with E-state index in [1.165, 1.54) is 96.3 Å². The third kappa shape index (κ3) is 55.3. The lowest BCUT2D eigenvalue weighted by Crippen LogP contribution is -2.30. The van der Waals surface area contributed by atoms with E-state index >= 15 is 0 Å². The van der Waals surface area contributed by atoms with E-state index in [0.29, 0.717) is 37.5 Å². The molecular weight excluding hydrogens is 1070 g/mol. The number of carbonyl (C=O) groups excluding carboxylic acids is 4. The summed E-state index contributed by atoms with van der Waals surface area (Å²) < 4.78 is 67.7. The van der Waals surface area contributed by atoms with Crippen LogP contribution in [0.4, 0.5) is 0 Å². The molecule has 0 fully saturated rings. The summed E-state index contributed by atoms with van der Waals surface area (Å²) in [6.45, 7) is 9.28. The van der Waals surface area contributed by atoms with Gasteiger partial charge in [-0.05, 0) is 37.5 Å². The third-order valence-electron chi connectivity index (χ3n) is 14.0. The van der Waals surface area contributed by atoms with Crippen LogP contribution in [0, 0.1) is 11.8 Å². The van der Waals surface area contributed by atoms with E-state index in [1.807, 2.05) is 0 Å². The zero-order valence-electron chi connectivity index (χ0n) is 51.4. The molecule has 0 spiro atoms. The number of unbranched alkanes of at least 4 members (excludes halogenated alkanes) is 30. The first-order chi connectivity index (χ1) is 38.4. The zero-order valence-corrected chi connectivity index (χ0v) is 53.2. The first-order valence-corrected chi connectivity index (χ1v) is 35.0. The molecule has 0 aromatic heterocycles. The van der Waals surface area contributed by atoms with Gasteiger partial charge >= 0.3 is 39.5 Å². The molecule has 17 nitrogen and oxygen atoms in total. The van der Waals surface area contributed by atoms with Crippen molar-refractivity contribution in [3.63, 3.8) is 0 Å². The number of phosphoric acid groups is 2. The van der Waals surface area contributed by atoms with Gasteiger partial charge < -0.3 is 33.8 Å². The number of aliphatic hydroxyl groups is 1. The van der Waals surface area contributed by atoms with Crippen LogP contribution in [0.3, 0.4) is 0 Å². The van der Waals surface area contributed by atoms with Crippen molar-refractivity contribution < 1.29 is 80.2 Å². The first-order valence-electron chi connectivity index (χ1n) is 32.0. The minimum Gasteiger partial charge on any atom is -0.462 e. The van der Waals surface area contributed by atoms with E-state index in [9.17, 15) is 43.2 Å². The minimum atomic E-state index is -4.94. The van der Waals surface area contributed by atoms with Crippen molar-refractivity contribution in [3.05, 3.63) is 0 Å². The maximum absolute atomic E-state index is 12.9. The van der Waals surface area contributed by atoms with E-state index < -0.39 is 97.5 Å². The SMILES string of the molecule is CCCCCCCCCCCCCCCCC(=O)O[C@H](COC(=O)CCCCCCCCCC(C)C)COP(=O)(O)OC[C@@H](O)COP(=O)(O)OC[C@@H](COC(=O)CCCCCCCCC)OC(=O)CCCCCCCCC(C)C. The molecule has 474 valence electrons. The molecule has 0 aromatic rings. The molecule has 0 saturated heterocycles. The Hall–Kier alpha value is -1.94. The van der Waals surface area contributed by atoms with Gasteiger partial charge in [0.25, 0.3) is 0 Å². The summed E-state index contributed by atoms with van der Waals surface area (Å²) in [6.07, 6.45) is 35.2. The largest absolute Gasteiger partial charge is 0.472 e. The van der Waals surface area contributed by atoms with Gasteiger partial charge in [0.2, 0.25) is 0 Å². The fourth-order valence-corrected chi connectivity index (χ4v) is 10.6. The Labute approximate surface area is 486 Å². The van der Waals surface area contributed by atoms with Crippen LogP contribution in [-0.4, -0.2) is 96.7 Å². The number of phosphoric ester groups is 2. The molecule has 0 radical (unpaired) electrons. The van der Waals surface area contributed by atoms with Crippen molar-refractivity contribution in [2.75, 3.05) is 39.6 Å². The molecule has 0 heterocycles. The zero-order chi connectivity index (χ0) is 59.4. The number of ether oxygens (including phenoxy) is 4. The number of hydrogen-bond donors (Lipinski definition) is 3. The lowest BCUT2D eigenvalue weighted by Gasteiger charge is -2.21. The maximum atomic E-state index is 12.9. The van der Waals surface area contributed by atoms with Gasteiger partial charge in [-0.15, -0.1) is 0 Å². The standard InChI is InChI=1S/C61H118O17P2/c1-7-9-11-13-15-16-17-18-19-20-21-25-33-39-45-60(65)77-56(50-72-59(64)44-38-32-26-22-24-29-35-41-53(3)4)51-75-79(67,68)73-47-55(62)48-74-80(69,70)76-52-57(49-71-58(63)43-37-31-23-14-12-10-8-2)78-61(66)46-40-34-28-27-30-36-42-54(5)6/h53-57,62H,7-52H2,1-6H3,(H,67,68)(H,69,70)/t55-,56-,57-/m1/s1. The number of aliphatic hydroxyl groups excluding tert-OH is 1. The summed E-state index contributed by atoms with van der Waals surface area (Å²) in [6, 6.07) is 0. The molecule has 80 heavy (non-hydrogen) atoms. The normalized spacial score (nSPS) is 14.4. The van der Waals surface area contributed by atoms with Crippen molar-refractivity contribution in [2.45, 2.75) is 317 Å². The van der Waals surface area contributed by atoms with Gasteiger partial charge in [0, 0.05) is 25.7 Å². The fraction of sp³-hybridized carbons (Fsp3) is 0.934. The maximum Gasteiger partial charge on any atom is 0.472 e. The van der Waals surface area contributed by atoms with Crippen molar-refractivity contribution in [2.24, 2.45) is 11.8 Å². The Kier molecular flexibility index (Phi) is 52.5. The molecule has 19 heteroatoms. The van der Waals surface area contributed by atoms with Gasteiger partial charge in [-0.1, -0.05) is 247 Å². The third-order valence-corrected chi connectivity index (χ3v) is 15.9. The van der Waals surface area contributed by atoms with E-state index in [-0.39, 0.29) is 25.7 Å². The van der Waals surface area contributed by atoms with Gasteiger partial charge in [-0.25, -0.2) is 9.13 Å². The van der Waals surface area contributed by atoms with E-state index in [0.717, 1.165) is 109 Å². The highest BCUT2D eigenvalue weighted by Crippen LogP contribution is 2.45. The van der Waals surface area contributed by atoms with Crippen LogP contribution in [0.15, 0.2) is 0 Å². The summed E-state index contributed by atoms with van der Waals surface area (Å²) in [5.41, 5.74) is 0. The Morgan fingerprint density at radius 2 is 0.575 bits per heavy atom. The summed E-state index contributed by atoms with van der Waals surface area (Å²) in [5, 5.41) is 10.5. The Balaban J connectivity index is 5.21. The van der Waals surface area contributed by atoms with E-state index in [4.69, 9.17) is 37.0 Å². The molecule has 5 atom stereocenters. The van der Waals surface area contributed by atoms with Gasteiger partial charge in [0.1, 0.15) is 19.3 Å². The number of esters is 4. The van der Waals surface area contributed by atoms with Crippen LogP contribution >= 0.6 is 15.6 Å². The molecule has 0 aromatic carbocycles. The number of rotatable bonds is 60. The van der Waals surface area contributed by atoms with Crippen molar-refractivity contribution >= 4 is 39.5 Å². The molecule has 0 saturated carbocycles. The Morgan fingerprint density at radius 3 is 0.850 bits per heavy atom. The first kappa shape index (κ1) is 78.1. The molecule has 0 bridgehead atoms. The summed E-state index contributed by atoms with van der Waals surface area (Å²) in [5.74, 6) is -0.771. The Bertz CT molecular complexity index is 1580. The smallest absolute Gasteiger partial charge is 0.462 e. The number of carbonyl (C=O) groups is 4. The highest BCUT2D eigenvalue weighted by atomic mass is 31.2. The van der Waals surface area contributed by atoms with Gasteiger partial charge in [0.05, 0.1) is 26.4 Å². The topological polar surface area (TPSA) is 237 Å². The van der Waals surface area contributed by atoms with Gasteiger partial charge in [0.15, 0.2) is 12.2 Å². The average molecular weight is 1190 g/mol. The highest BCUT2D eigenvalue weighted by molar-refractivity contribution is 7.47. The van der Waals surface area contributed by atoms with Crippen LogP contribution in [-0.2, 0) is 65.4 Å². The molecule has 3 N–H and O–H groups in total. The van der Waals surface area contributed by atoms with Crippen LogP contribution < -0.4 is 0 Å². The molecular formula is C61H118O17P2. The quantitative estimate of drug-likeness (QED) is 0.0222. The van der Waals surface area contributed by atoms with Crippen molar-refractivity contribution in [1.82, 2.24) is 0 Å². The monoisotopic (exact) mass is 1180 g/mol. The lowest BCUT2D eigenvalue weighted by molar-refractivity contribution is -0.161. The number of hydrogen-bond acceptors (Lipinski definition) is 15. The molecule has 0 aliphatic heterocycles. The molecule has 0 amide bonds. The summed E-state index contributed by atoms with van der Waals surface area (Å²) in [7, 11) is -9.88. The van der Waals surface area contributed by atoms with Crippen LogP contribution in [0.1, 0.15) is 298 Å². The molecule has 2 unspecified atom stereocenters. The van der Waals surface area contributed by atoms with Gasteiger partial charge in [-0.3, -0.25) is 37.3 Å². The van der Waals surface area contributed by atoms with E-state index in [2.05, 4.69) is 41.5 Å². The predicted octanol–water partition coefficient (Wildman–Crippen LogP) is 16.5. The second-order valence-electron chi connectivity index (χ2n) is 23.0. The second-order valence-corrected chi connectivity index (χ2v) is 25.9. The summed E-state index contributed by atoms with van der Waals surface area (Å²) >= 11 is 0. The second kappa shape index (κ2) is 53.8. The molecule has 0 aliphatic carbocycles. The average Bonchev–Trinajstić information content (AvgIpc) is 3.41. The van der Waals surface area contributed by atoms with Crippen LogP contribution in [0.25, 0.3) is 0 Å². The Morgan fingerprint density at radius 1 is 0.338 bits per heavy atom. The minimum absolute atomic E-state index is 0.101. The van der Waals surface area contributed by atoms with Gasteiger partial charge in [-0.2, -0.15) is 0 Å². The van der Waals surface area contributed by atoms with E-state index in [1.54, 1.807) is 0 Å². The fourth-order valence-electron chi connectivity index (χ4n) is 9.00. The predicted molar refractivity (Wildman–Crippen MR) is 317 cm³/mol. The lowest BCUT2D eigenvalue weighted by atomic mass is 10.0.